The van der Waals surface area contributed by atoms with Gasteiger partial charge < -0.3 is 29.5 Å². The van der Waals surface area contributed by atoms with Crippen molar-refractivity contribution < 1.29 is 43.9 Å². The van der Waals surface area contributed by atoms with Gasteiger partial charge in [0, 0.05) is 6.92 Å². The van der Waals surface area contributed by atoms with E-state index in [1.54, 1.807) is 0 Å². The van der Waals surface area contributed by atoms with Crippen LogP contribution in [0.25, 0.3) is 0 Å². The molecule has 9 heteroatoms. The fourth-order valence-electron chi connectivity index (χ4n) is 1.95. The van der Waals surface area contributed by atoms with Crippen LogP contribution >= 0.6 is 0 Å². The molecule has 0 bridgehead atoms. The summed E-state index contributed by atoms with van der Waals surface area (Å²) < 4.78 is 14.4. The first-order chi connectivity index (χ1) is 11.3. The van der Waals surface area contributed by atoms with Crippen molar-refractivity contribution in [2.45, 2.75) is 19.1 Å². The largest absolute Gasteiger partial charge is 0.499 e. The summed E-state index contributed by atoms with van der Waals surface area (Å²) in [6.45, 7) is 0.351. The van der Waals surface area contributed by atoms with Crippen molar-refractivity contribution in [3.8, 4) is 5.75 Å². The van der Waals surface area contributed by atoms with Crippen LogP contribution in [0.15, 0.2) is 35.8 Å². The van der Waals surface area contributed by atoms with Crippen LogP contribution in [0, 0.1) is 0 Å². The molecular weight excluding hydrogens is 324 g/mol. The molecule has 0 saturated carbocycles. The molecule has 0 aromatic heterocycles. The number of hydrogen-bond donors (Lipinski definition) is 3. The molecule has 2 rings (SSSR count). The SMILES string of the molecule is CC(=O)Oc1ccccc1C(=O)OC1=C(O)C(=O)O[C@@H]1[C@@H](O)CO. The highest BCUT2D eigenvalue weighted by atomic mass is 16.6. The molecule has 0 aliphatic carbocycles. The Morgan fingerprint density at radius 1 is 1.29 bits per heavy atom. The number of para-hydroxylation sites is 1. The van der Waals surface area contributed by atoms with E-state index in [2.05, 4.69) is 4.74 Å². The summed E-state index contributed by atoms with van der Waals surface area (Å²) in [5.41, 5.74) is -0.149. The molecule has 0 spiro atoms. The molecule has 1 aliphatic heterocycles. The number of rotatable bonds is 5. The first-order valence-corrected chi connectivity index (χ1v) is 6.77. The Balaban J connectivity index is 2.28. The molecule has 128 valence electrons. The van der Waals surface area contributed by atoms with Crippen LogP contribution < -0.4 is 4.74 Å². The molecule has 24 heavy (non-hydrogen) atoms. The van der Waals surface area contributed by atoms with E-state index in [9.17, 15) is 24.6 Å². The van der Waals surface area contributed by atoms with Gasteiger partial charge in [0.25, 0.3) is 0 Å². The van der Waals surface area contributed by atoms with Gasteiger partial charge in [0.15, 0.2) is 6.10 Å². The molecule has 0 amide bonds. The van der Waals surface area contributed by atoms with Gasteiger partial charge in [-0.1, -0.05) is 12.1 Å². The second kappa shape index (κ2) is 7.11. The Hall–Kier alpha value is -2.91. The Morgan fingerprint density at radius 3 is 2.58 bits per heavy atom. The third-order valence-electron chi connectivity index (χ3n) is 3.02. The Morgan fingerprint density at radius 2 is 1.96 bits per heavy atom. The zero-order valence-corrected chi connectivity index (χ0v) is 12.5. The summed E-state index contributed by atoms with van der Waals surface area (Å²) in [7, 11) is 0. The number of aliphatic hydroxyl groups excluding tert-OH is 3. The van der Waals surface area contributed by atoms with Crippen molar-refractivity contribution in [3.05, 3.63) is 41.3 Å². The van der Waals surface area contributed by atoms with E-state index >= 15 is 0 Å². The lowest BCUT2D eigenvalue weighted by Crippen LogP contribution is -2.33. The van der Waals surface area contributed by atoms with Gasteiger partial charge in [-0.05, 0) is 12.1 Å². The zero-order chi connectivity index (χ0) is 17.9. The maximum atomic E-state index is 12.2. The molecule has 1 aliphatic rings. The van der Waals surface area contributed by atoms with E-state index in [1.165, 1.54) is 24.3 Å². The van der Waals surface area contributed by atoms with Crippen molar-refractivity contribution in [2.24, 2.45) is 0 Å². The second-order valence-electron chi connectivity index (χ2n) is 4.77. The monoisotopic (exact) mass is 338 g/mol. The van der Waals surface area contributed by atoms with Crippen LogP contribution in [0.3, 0.4) is 0 Å². The van der Waals surface area contributed by atoms with Crippen LogP contribution in [0.4, 0.5) is 0 Å². The van der Waals surface area contributed by atoms with Crippen molar-refractivity contribution in [2.75, 3.05) is 6.61 Å². The highest BCUT2D eigenvalue weighted by Gasteiger charge is 2.42. The predicted octanol–water partition coefficient (Wildman–Crippen LogP) is -0.183. The van der Waals surface area contributed by atoms with Gasteiger partial charge in [0.1, 0.15) is 17.4 Å². The smallest absolute Gasteiger partial charge is 0.378 e. The minimum Gasteiger partial charge on any atom is -0.499 e. The minimum atomic E-state index is -1.59. The van der Waals surface area contributed by atoms with Gasteiger partial charge in [0.05, 0.1) is 6.61 Å². The first-order valence-electron chi connectivity index (χ1n) is 6.77. The number of carbonyl (C=O) groups excluding carboxylic acids is 3. The van der Waals surface area contributed by atoms with Gasteiger partial charge >= 0.3 is 17.9 Å². The Kier molecular flexibility index (Phi) is 5.17. The normalized spacial score (nSPS) is 18.1. The molecule has 9 nitrogen and oxygen atoms in total. The number of ether oxygens (including phenoxy) is 3. The van der Waals surface area contributed by atoms with E-state index in [1.807, 2.05) is 0 Å². The quantitative estimate of drug-likeness (QED) is 0.492. The van der Waals surface area contributed by atoms with Crippen LogP contribution in [0.5, 0.6) is 5.75 Å². The van der Waals surface area contributed by atoms with Gasteiger partial charge in [-0.15, -0.1) is 0 Å². The summed E-state index contributed by atoms with van der Waals surface area (Å²) >= 11 is 0. The summed E-state index contributed by atoms with van der Waals surface area (Å²) in [5, 5.41) is 28.2. The number of carbonyl (C=O) groups is 3. The number of aliphatic hydroxyl groups is 3. The highest BCUT2D eigenvalue weighted by Crippen LogP contribution is 2.27. The van der Waals surface area contributed by atoms with Crippen LogP contribution in [-0.2, 0) is 19.1 Å². The molecule has 0 radical (unpaired) electrons. The van der Waals surface area contributed by atoms with Gasteiger partial charge in [0.2, 0.25) is 11.5 Å². The molecule has 1 aromatic carbocycles. The average molecular weight is 338 g/mol. The molecule has 1 heterocycles. The van der Waals surface area contributed by atoms with E-state index in [-0.39, 0.29) is 11.3 Å². The highest BCUT2D eigenvalue weighted by molar-refractivity contribution is 5.95. The Bertz CT molecular complexity index is 707. The second-order valence-corrected chi connectivity index (χ2v) is 4.77. The maximum Gasteiger partial charge on any atom is 0.378 e. The lowest BCUT2D eigenvalue weighted by Gasteiger charge is -2.17. The minimum absolute atomic E-state index is 0.0837. The fourth-order valence-corrected chi connectivity index (χ4v) is 1.95. The summed E-state index contributed by atoms with van der Waals surface area (Å²) in [6.07, 6.45) is -3.13. The van der Waals surface area contributed by atoms with Gasteiger partial charge in [-0.2, -0.15) is 0 Å². The maximum absolute atomic E-state index is 12.2. The average Bonchev–Trinajstić information content (AvgIpc) is 2.82. The molecule has 0 unspecified atom stereocenters. The van der Waals surface area contributed by atoms with E-state index in [0.717, 1.165) is 6.92 Å². The first kappa shape index (κ1) is 17.4. The number of cyclic esters (lactones) is 1. The number of benzene rings is 1. The fraction of sp³-hybridized carbons (Fsp3) is 0.267. The van der Waals surface area contributed by atoms with Crippen LogP contribution in [0.2, 0.25) is 0 Å². The van der Waals surface area contributed by atoms with Crippen LogP contribution in [0.1, 0.15) is 17.3 Å². The third-order valence-corrected chi connectivity index (χ3v) is 3.02. The van der Waals surface area contributed by atoms with E-state index in [0.29, 0.717) is 0 Å². The van der Waals surface area contributed by atoms with Crippen molar-refractivity contribution >= 4 is 17.9 Å². The standard InChI is InChI=1S/C15H14O9/c1-7(17)22-10-5-3-2-4-8(10)14(20)24-13-11(19)15(21)23-12(13)9(18)6-16/h2-5,9,12,16,18-19H,6H2,1H3/t9-,12+/m0/s1. The van der Waals surface area contributed by atoms with Crippen LogP contribution in [-0.4, -0.2) is 52.0 Å². The molecule has 0 saturated heterocycles. The molecule has 3 N–H and O–H groups in total. The predicted molar refractivity (Wildman–Crippen MR) is 75.8 cm³/mol. The molecule has 0 fully saturated rings. The van der Waals surface area contributed by atoms with Crippen molar-refractivity contribution in [1.82, 2.24) is 0 Å². The van der Waals surface area contributed by atoms with Crippen molar-refractivity contribution in [3.63, 3.8) is 0 Å². The van der Waals surface area contributed by atoms with E-state index in [4.69, 9.17) is 14.6 Å². The molecule has 2 atom stereocenters. The lowest BCUT2D eigenvalue weighted by molar-refractivity contribution is -0.147. The zero-order valence-electron chi connectivity index (χ0n) is 12.5. The summed E-state index contributed by atoms with van der Waals surface area (Å²) in [6, 6.07) is 5.65. The lowest BCUT2D eigenvalue weighted by atomic mass is 10.1. The molecule has 1 aromatic rings. The van der Waals surface area contributed by atoms with Gasteiger partial charge in [-0.25, -0.2) is 9.59 Å². The topological polar surface area (TPSA) is 140 Å². The third kappa shape index (κ3) is 3.53. The van der Waals surface area contributed by atoms with Gasteiger partial charge in [-0.3, -0.25) is 4.79 Å². The molecular formula is C15H14O9. The number of esters is 3. The summed E-state index contributed by atoms with van der Waals surface area (Å²) in [5.74, 6) is -4.63. The van der Waals surface area contributed by atoms with E-state index < -0.39 is 48.2 Å². The Labute approximate surface area is 135 Å². The summed E-state index contributed by atoms with van der Waals surface area (Å²) in [4.78, 5) is 34.7. The van der Waals surface area contributed by atoms with Crippen molar-refractivity contribution in [1.29, 1.82) is 0 Å². The number of hydrogen-bond acceptors (Lipinski definition) is 9.